The minimum Gasteiger partial charge on any atom is -0.466 e. The van der Waals surface area contributed by atoms with Crippen LogP contribution < -0.4 is 16.0 Å². The zero-order valence-corrected chi connectivity index (χ0v) is 53.1. The third-order valence-electron chi connectivity index (χ3n) is 22.5. The van der Waals surface area contributed by atoms with Gasteiger partial charge in [-0.1, -0.05) is 77.0 Å². The van der Waals surface area contributed by atoms with E-state index in [0.717, 1.165) is 168 Å². The van der Waals surface area contributed by atoms with Crippen LogP contribution in [0.25, 0.3) is 0 Å². The van der Waals surface area contributed by atoms with Gasteiger partial charge in [0, 0.05) is 47.3 Å². The van der Waals surface area contributed by atoms with Crippen LogP contribution in [0.4, 0.5) is 0 Å². The Morgan fingerprint density at radius 1 is 0.471 bits per heavy atom. The van der Waals surface area contributed by atoms with Gasteiger partial charge in [0.05, 0.1) is 63.9 Å². The first-order valence-electron chi connectivity index (χ1n) is 34.4. The fraction of sp³-hybridized carbons (Fsp3) is 0.806. The monoisotopic (exact) mass is 1230 g/mol. The smallest absolute Gasteiger partial charge is 0.311 e. The molecule has 15 nitrogen and oxygen atoms in total. The minimum absolute atomic E-state index is 0.0101. The summed E-state index contributed by atoms with van der Waals surface area (Å²) in [5.74, 6) is 2.82. The summed E-state index contributed by atoms with van der Waals surface area (Å²) in [6.45, 7) is 2.32. The number of halogens is 3. The molecule has 0 saturated heterocycles. The van der Waals surface area contributed by atoms with Crippen molar-refractivity contribution in [3.8, 4) is 0 Å². The Kier molecular flexibility index (Phi) is 20.3. The van der Waals surface area contributed by atoms with Crippen molar-refractivity contribution < 1.29 is 29.0 Å². The Hall–Kier alpha value is -3.66. The van der Waals surface area contributed by atoms with E-state index in [1.807, 2.05) is 6.92 Å². The van der Waals surface area contributed by atoms with Crippen LogP contribution >= 0.6 is 34.8 Å². The molecule has 3 aromatic rings. The maximum atomic E-state index is 13.5. The highest BCUT2D eigenvalue weighted by Gasteiger charge is 2.49. The fourth-order valence-electron chi connectivity index (χ4n) is 18.5. The van der Waals surface area contributed by atoms with Crippen molar-refractivity contribution in [1.82, 2.24) is 45.3 Å². The molecule has 3 aromatic heterocycles. The van der Waals surface area contributed by atoms with Crippen molar-refractivity contribution in [2.45, 2.75) is 290 Å². The molecule has 0 radical (unpaired) electrons. The zero-order valence-electron chi connectivity index (χ0n) is 50.8. The van der Waals surface area contributed by atoms with Gasteiger partial charge in [0.25, 0.3) is 17.7 Å². The number of aliphatic hydroxyl groups is 1. The molecule has 0 aliphatic heterocycles. The number of amides is 3. The van der Waals surface area contributed by atoms with Gasteiger partial charge >= 0.3 is 5.97 Å². The predicted octanol–water partition coefficient (Wildman–Crippen LogP) is 14.3. The van der Waals surface area contributed by atoms with E-state index in [0.29, 0.717) is 59.7 Å². The second-order valence-electron chi connectivity index (χ2n) is 28.0. The van der Waals surface area contributed by atoms with Gasteiger partial charge in [0.1, 0.15) is 0 Å². The molecule has 3 unspecified atom stereocenters. The molecular weight excluding hydrogens is 1130 g/mol. The first-order valence-corrected chi connectivity index (χ1v) is 35.7. The number of hydrogen-bond acceptors (Lipinski definition) is 9. The maximum absolute atomic E-state index is 13.5. The van der Waals surface area contributed by atoms with Crippen molar-refractivity contribution >= 4 is 58.5 Å². The molecule has 9 fully saturated rings. The van der Waals surface area contributed by atoms with E-state index in [-0.39, 0.29) is 70.3 Å². The lowest BCUT2D eigenvalue weighted by Gasteiger charge is -2.54. The summed E-state index contributed by atoms with van der Waals surface area (Å²) in [5, 5.41) is 34.0. The van der Waals surface area contributed by atoms with Crippen molar-refractivity contribution in [3.05, 3.63) is 50.9 Å². The van der Waals surface area contributed by atoms with Crippen molar-refractivity contribution in [1.29, 1.82) is 0 Å². The fourth-order valence-corrected chi connectivity index (χ4v) is 19.6. The number of esters is 1. The molecule has 4 N–H and O–H groups in total. The van der Waals surface area contributed by atoms with E-state index in [2.05, 4.69) is 30.0 Å². The topological polar surface area (TPSA) is 187 Å². The molecule has 15 rings (SSSR count). The van der Waals surface area contributed by atoms with Gasteiger partial charge in [-0.3, -0.25) is 33.2 Å². The predicted molar refractivity (Wildman–Crippen MR) is 331 cm³/mol. The zero-order chi connectivity index (χ0) is 58.7. The second kappa shape index (κ2) is 28.0. The first-order chi connectivity index (χ1) is 41.5. The van der Waals surface area contributed by atoms with E-state index < -0.39 is 0 Å². The summed E-state index contributed by atoms with van der Waals surface area (Å²) in [4.78, 5) is 52.1. The van der Waals surface area contributed by atoms with Gasteiger partial charge in [-0.15, -0.1) is 34.8 Å². The number of alkyl halides is 3. The highest BCUT2D eigenvalue weighted by atomic mass is 35.5. The van der Waals surface area contributed by atoms with Gasteiger partial charge in [0.15, 0.2) is 17.1 Å². The summed E-state index contributed by atoms with van der Waals surface area (Å²) in [6, 6.07) is 1.42. The van der Waals surface area contributed by atoms with E-state index in [1.165, 1.54) is 108 Å². The molecule has 0 aromatic carbocycles. The van der Waals surface area contributed by atoms with Crippen LogP contribution in [-0.2, 0) is 28.8 Å². The van der Waals surface area contributed by atoms with Gasteiger partial charge < -0.3 is 25.8 Å². The van der Waals surface area contributed by atoms with Crippen LogP contribution in [-0.4, -0.2) is 89.5 Å². The quantitative estimate of drug-likeness (QED) is 0.101. The molecule has 4 bridgehead atoms. The summed E-state index contributed by atoms with van der Waals surface area (Å²) in [6.07, 6.45) is 40.2. The van der Waals surface area contributed by atoms with E-state index in [9.17, 15) is 24.3 Å². The van der Waals surface area contributed by atoms with Crippen LogP contribution in [0.5, 0.6) is 0 Å². The lowest BCUT2D eigenvalue weighted by atomic mass is 9.54. The van der Waals surface area contributed by atoms with Crippen LogP contribution in [0.1, 0.15) is 318 Å². The largest absolute Gasteiger partial charge is 0.466 e. The number of rotatable bonds is 12. The van der Waals surface area contributed by atoms with Crippen LogP contribution in [0, 0.1) is 35.5 Å². The van der Waals surface area contributed by atoms with Crippen molar-refractivity contribution in [2.75, 3.05) is 13.2 Å². The van der Waals surface area contributed by atoms with Gasteiger partial charge in [-0.05, 0) is 185 Å². The highest BCUT2D eigenvalue weighted by molar-refractivity contribution is 6.21. The van der Waals surface area contributed by atoms with Crippen LogP contribution in [0.15, 0.2) is 0 Å². The average molecular weight is 1230 g/mol. The van der Waals surface area contributed by atoms with Gasteiger partial charge in [0.2, 0.25) is 0 Å². The highest BCUT2D eigenvalue weighted by Crippen LogP contribution is 2.54. The molecule has 3 amide bonds. The van der Waals surface area contributed by atoms with Gasteiger partial charge in [-0.2, -0.15) is 15.3 Å². The molecule has 0 spiro atoms. The SMILES string of the molecule is CCOC(=O)[C@@H]1CCC[C@@H]1NC(=O)c1nn(C2CCCCC2)c2c1CCCC2Cl.O=C(NC1C2CC3CC(C2)CC1C3)c1nn(C2CCCCC2)c2c1CCCC2Cl.O=C(N[C@H]1CCCC[C@H]1CO)c1nn(C2CCCCC2)c2c1CCCC2Cl. The Morgan fingerprint density at radius 3 is 1.28 bits per heavy atom. The molecule has 12 aliphatic rings. The number of nitrogens with one attached hydrogen (secondary N) is 3. The summed E-state index contributed by atoms with van der Waals surface area (Å²) in [5.41, 5.74) is 8.37. The maximum Gasteiger partial charge on any atom is 0.311 e. The molecule has 7 atom stereocenters. The van der Waals surface area contributed by atoms with Crippen LogP contribution in [0.3, 0.4) is 0 Å². The number of hydrogen-bond donors (Lipinski definition) is 4. The molecule has 18 heteroatoms. The number of aromatic nitrogens is 6. The number of aliphatic hydroxyl groups excluding tert-OH is 1. The third-order valence-corrected chi connectivity index (χ3v) is 23.8. The number of fused-ring (bicyclic) bond motifs is 3. The van der Waals surface area contributed by atoms with Gasteiger partial charge in [-0.25, -0.2) is 0 Å². The van der Waals surface area contributed by atoms with Crippen LogP contribution in [0.2, 0.25) is 0 Å². The Morgan fingerprint density at radius 2 is 0.859 bits per heavy atom. The molecule has 85 heavy (non-hydrogen) atoms. The average Bonchev–Trinajstić information content (AvgIpc) is 2.36. The molecule has 468 valence electrons. The van der Waals surface area contributed by atoms with E-state index in [1.54, 1.807) is 0 Å². The summed E-state index contributed by atoms with van der Waals surface area (Å²) < 4.78 is 11.6. The summed E-state index contributed by atoms with van der Waals surface area (Å²) in [7, 11) is 0. The number of carbonyl (C=O) groups is 4. The first kappa shape index (κ1) is 61.6. The lowest BCUT2D eigenvalue weighted by Crippen LogP contribution is -2.56. The minimum atomic E-state index is -0.254. The number of nitrogens with zero attached hydrogens (tertiary/aromatic N) is 6. The Balaban J connectivity index is 0.000000125. The normalized spacial score (nSPS) is 31.9. The Labute approximate surface area is 520 Å². The number of ether oxygens (including phenoxy) is 1. The number of carbonyl (C=O) groups excluding carboxylic acids is 4. The third kappa shape index (κ3) is 13.3. The second-order valence-corrected chi connectivity index (χ2v) is 29.6. The summed E-state index contributed by atoms with van der Waals surface area (Å²) >= 11 is 20.2. The molecular formula is C67H98Cl3N9O6. The van der Waals surface area contributed by atoms with E-state index in [4.69, 9.17) is 54.8 Å². The van der Waals surface area contributed by atoms with Crippen molar-refractivity contribution in [3.63, 3.8) is 0 Å². The Bertz CT molecular complexity index is 2780. The standard InChI is InChI=1S/C24H34ClN3O.C22H32ClN3O3.C21H32ClN3O2/c25-20-8-4-7-19-22(27-28(23(19)20)18-5-2-1-3-6-18)24(29)26-21-16-10-14-9-15(12-16)13-17(21)11-14;1-2-29-22(28)15-10-7-13-18(15)24-21(27)19-16-11-6-12-17(23)20(16)26(25-19)14-8-4-3-5-9-14;22-17-11-6-10-16-19(21(27)23-18-12-5-4-7-14(18)13-26)24-25(20(16)17)15-8-2-1-3-9-15/h14-18,20-21H,1-13H2,(H,26,29);14-15,17-18H,2-13H2,1H3,(H,24,27);14-15,17-18,26H,1-13H2,(H,23,27)/t;15-,17?,18+;14-,17?,18-/m.10/s1. The molecule has 3 heterocycles. The van der Waals surface area contributed by atoms with Crippen molar-refractivity contribution in [2.24, 2.45) is 35.5 Å². The van der Waals surface area contributed by atoms with E-state index >= 15 is 0 Å². The molecule has 9 saturated carbocycles. The lowest BCUT2D eigenvalue weighted by molar-refractivity contribution is -0.148. The molecule has 12 aliphatic carbocycles.